The highest BCUT2D eigenvalue weighted by Gasteiger charge is 2.34. The molecular formula is C30H20. The molecule has 1 saturated carbocycles. The summed E-state index contributed by atoms with van der Waals surface area (Å²) in [4.78, 5) is 0. The zero-order valence-electron chi connectivity index (χ0n) is 16.7. The van der Waals surface area contributed by atoms with Crippen molar-refractivity contribution in [1.82, 2.24) is 0 Å². The van der Waals surface area contributed by atoms with E-state index < -0.39 is 0 Å². The molecular weight excluding hydrogens is 360 g/mol. The minimum Gasteiger partial charge on any atom is -0.0616 e. The summed E-state index contributed by atoms with van der Waals surface area (Å²) in [5.74, 6) is 0. The number of hydrogen-bond acceptors (Lipinski definition) is 0. The first-order chi connectivity index (χ1) is 14.9. The van der Waals surface area contributed by atoms with Crippen molar-refractivity contribution in [3.05, 3.63) is 130 Å². The maximum absolute atomic E-state index is 2.30. The average Bonchev–Trinajstić information content (AvgIpc) is 3.28. The summed E-state index contributed by atoms with van der Waals surface area (Å²) in [7, 11) is 0. The van der Waals surface area contributed by atoms with Crippen molar-refractivity contribution >= 4 is 11.1 Å². The maximum atomic E-state index is 2.30. The molecule has 0 aliphatic heterocycles. The van der Waals surface area contributed by atoms with Gasteiger partial charge in [-0.05, 0) is 79.6 Å². The van der Waals surface area contributed by atoms with E-state index in [2.05, 4.69) is 97.1 Å². The molecule has 0 aromatic heterocycles. The zero-order chi connectivity index (χ0) is 19.7. The average molecular weight is 380 g/mol. The first kappa shape index (κ1) is 16.2. The number of rotatable bonds is 0. The van der Waals surface area contributed by atoms with Gasteiger partial charge >= 0.3 is 0 Å². The van der Waals surface area contributed by atoms with Crippen LogP contribution in [-0.4, -0.2) is 0 Å². The number of allylic oxidation sites excluding steroid dienone is 2. The molecule has 4 aromatic carbocycles. The lowest BCUT2D eigenvalue weighted by molar-refractivity contribution is 0.832. The van der Waals surface area contributed by atoms with E-state index >= 15 is 0 Å². The lowest BCUT2D eigenvalue weighted by Crippen LogP contribution is -2.09. The third-order valence-corrected chi connectivity index (χ3v) is 6.96. The van der Waals surface area contributed by atoms with Gasteiger partial charge in [-0.2, -0.15) is 0 Å². The second-order valence-electron chi connectivity index (χ2n) is 8.39. The van der Waals surface area contributed by atoms with E-state index in [1.165, 1.54) is 66.8 Å². The Morgan fingerprint density at radius 3 is 0.767 bits per heavy atom. The van der Waals surface area contributed by atoms with Crippen LogP contribution >= 0.6 is 0 Å². The van der Waals surface area contributed by atoms with Gasteiger partial charge < -0.3 is 0 Å². The lowest BCUT2D eigenvalue weighted by atomic mass is 9.75. The molecule has 0 N–H and O–H groups in total. The van der Waals surface area contributed by atoms with Crippen LogP contribution in [0, 0.1) is 0 Å². The first-order valence-corrected chi connectivity index (χ1v) is 10.8. The third kappa shape index (κ3) is 2.01. The van der Waals surface area contributed by atoms with Gasteiger partial charge in [-0.25, -0.2) is 0 Å². The Labute approximate surface area is 176 Å². The predicted molar refractivity (Wildman–Crippen MR) is 125 cm³/mol. The monoisotopic (exact) mass is 380 g/mol. The molecule has 0 radical (unpaired) electrons. The van der Waals surface area contributed by atoms with Crippen molar-refractivity contribution in [3.8, 4) is 22.3 Å². The Morgan fingerprint density at radius 2 is 0.533 bits per heavy atom. The summed E-state index contributed by atoms with van der Waals surface area (Å²) in [6.07, 6.45) is 2.31. The van der Waals surface area contributed by atoms with Gasteiger partial charge in [-0.15, -0.1) is 0 Å². The Morgan fingerprint density at radius 1 is 0.300 bits per heavy atom. The largest absolute Gasteiger partial charge is 0.0616 e. The van der Waals surface area contributed by atoms with E-state index in [0.29, 0.717) is 0 Å². The summed E-state index contributed by atoms with van der Waals surface area (Å²) >= 11 is 0. The molecule has 3 aliphatic carbocycles. The summed E-state index contributed by atoms with van der Waals surface area (Å²) in [6, 6.07) is 35.6. The van der Waals surface area contributed by atoms with Crippen LogP contribution in [0.5, 0.6) is 0 Å². The molecule has 0 saturated heterocycles. The van der Waals surface area contributed by atoms with E-state index in [-0.39, 0.29) is 0 Å². The van der Waals surface area contributed by atoms with Crippen molar-refractivity contribution in [2.24, 2.45) is 0 Å². The molecule has 0 amide bonds. The van der Waals surface area contributed by atoms with E-state index in [9.17, 15) is 0 Å². The van der Waals surface area contributed by atoms with Crippen molar-refractivity contribution in [2.75, 3.05) is 0 Å². The van der Waals surface area contributed by atoms with Crippen LogP contribution in [0.3, 0.4) is 0 Å². The first-order valence-electron chi connectivity index (χ1n) is 10.8. The van der Waals surface area contributed by atoms with Crippen LogP contribution in [0.4, 0.5) is 0 Å². The normalized spacial score (nSPS) is 15.5. The van der Waals surface area contributed by atoms with Crippen LogP contribution in [0.1, 0.15) is 35.1 Å². The van der Waals surface area contributed by atoms with E-state index in [0.717, 1.165) is 12.8 Å². The second-order valence-corrected chi connectivity index (χ2v) is 8.39. The molecule has 1 fully saturated rings. The highest BCUT2D eigenvalue weighted by molar-refractivity contribution is 6.08. The summed E-state index contributed by atoms with van der Waals surface area (Å²) in [6.45, 7) is 0. The highest BCUT2D eigenvalue weighted by Crippen LogP contribution is 2.55. The van der Waals surface area contributed by atoms with Gasteiger partial charge in [0.05, 0.1) is 0 Å². The number of hydrogen-bond donors (Lipinski definition) is 0. The number of fused-ring (bicyclic) bond motifs is 6. The SMILES string of the molecule is c1ccc2c(c1)C(=C1CCC1=C1c3ccccc3-c3ccccc31)c1ccccc1-2. The molecule has 7 rings (SSSR count). The van der Waals surface area contributed by atoms with E-state index in [4.69, 9.17) is 0 Å². The van der Waals surface area contributed by atoms with Gasteiger partial charge in [0.25, 0.3) is 0 Å². The molecule has 0 unspecified atom stereocenters. The highest BCUT2D eigenvalue weighted by atomic mass is 14.4. The quantitative estimate of drug-likeness (QED) is 0.253. The van der Waals surface area contributed by atoms with Crippen LogP contribution < -0.4 is 0 Å². The Hall–Kier alpha value is -3.64. The van der Waals surface area contributed by atoms with Gasteiger partial charge in [-0.1, -0.05) is 97.1 Å². The zero-order valence-corrected chi connectivity index (χ0v) is 16.7. The number of benzene rings is 4. The fourth-order valence-corrected chi connectivity index (χ4v) is 5.61. The predicted octanol–water partition coefficient (Wildman–Crippen LogP) is 7.75. The summed E-state index contributed by atoms with van der Waals surface area (Å²) in [5.41, 5.74) is 17.1. The fraction of sp³-hybridized carbons (Fsp3) is 0.0667. The van der Waals surface area contributed by atoms with Crippen molar-refractivity contribution < 1.29 is 0 Å². The van der Waals surface area contributed by atoms with Gasteiger partial charge in [0.2, 0.25) is 0 Å². The minimum absolute atomic E-state index is 1.15. The lowest BCUT2D eigenvalue weighted by Gasteiger charge is -2.28. The van der Waals surface area contributed by atoms with Gasteiger partial charge in [0.1, 0.15) is 0 Å². The Balaban J connectivity index is 1.55. The Bertz CT molecular complexity index is 1220. The molecule has 0 nitrogen and oxygen atoms in total. The molecule has 0 heteroatoms. The summed E-state index contributed by atoms with van der Waals surface area (Å²) < 4.78 is 0. The third-order valence-electron chi connectivity index (χ3n) is 6.96. The summed E-state index contributed by atoms with van der Waals surface area (Å²) in [5, 5.41) is 0. The van der Waals surface area contributed by atoms with E-state index in [1.54, 1.807) is 0 Å². The minimum atomic E-state index is 1.15. The van der Waals surface area contributed by atoms with Gasteiger partial charge in [-0.3, -0.25) is 0 Å². The molecule has 0 atom stereocenters. The van der Waals surface area contributed by atoms with Crippen LogP contribution in [-0.2, 0) is 0 Å². The second kappa shape index (κ2) is 5.93. The smallest absolute Gasteiger partial charge is 0.00638 e. The molecule has 0 spiro atoms. The van der Waals surface area contributed by atoms with Crippen molar-refractivity contribution in [3.63, 3.8) is 0 Å². The molecule has 30 heavy (non-hydrogen) atoms. The fourth-order valence-electron chi connectivity index (χ4n) is 5.61. The van der Waals surface area contributed by atoms with Crippen LogP contribution in [0.2, 0.25) is 0 Å². The van der Waals surface area contributed by atoms with Gasteiger partial charge in [0, 0.05) is 0 Å². The van der Waals surface area contributed by atoms with Crippen LogP contribution in [0.25, 0.3) is 33.4 Å². The maximum Gasteiger partial charge on any atom is -0.00638 e. The molecule has 0 heterocycles. The van der Waals surface area contributed by atoms with Crippen molar-refractivity contribution in [1.29, 1.82) is 0 Å². The van der Waals surface area contributed by atoms with Crippen molar-refractivity contribution in [2.45, 2.75) is 12.8 Å². The molecule has 4 aromatic rings. The molecule has 140 valence electrons. The van der Waals surface area contributed by atoms with Gasteiger partial charge in [0.15, 0.2) is 0 Å². The van der Waals surface area contributed by atoms with E-state index in [1.807, 2.05) is 0 Å². The topological polar surface area (TPSA) is 0 Å². The standard InChI is InChI=1S/C30H20/c1-5-13-23-19(9-1)20-10-2-6-14-24(20)29(23)27-17-18-28(27)30-25-15-7-3-11-21(25)22-12-4-8-16-26(22)30/h1-16H,17-18H2. The Kier molecular flexibility index (Phi) is 3.20. The molecule has 3 aliphatic rings. The van der Waals surface area contributed by atoms with Crippen LogP contribution in [0.15, 0.2) is 108 Å². The molecule has 0 bridgehead atoms.